The summed E-state index contributed by atoms with van der Waals surface area (Å²) in [5.41, 5.74) is -0.0992. The number of aryl methyl sites for hydroxylation is 1. The Morgan fingerprint density at radius 2 is 2.35 bits per heavy atom. The molecule has 9 heteroatoms. The van der Waals surface area contributed by atoms with Crippen LogP contribution in [-0.4, -0.2) is 25.6 Å². The first kappa shape index (κ1) is 14.1. The third-order valence-corrected chi connectivity index (χ3v) is 3.05. The number of nitro groups is 1. The second-order valence-corrected chi connectivity index (χ2v) is 4.71. The number of aromatic nitrogens is 3. The fraction of sp³-hybridized carbons (Fsp3) is 0.182. The van der Waals surface area contributed by atoms with Gasteiger partial charge in [0.2, 0.25) is 5.91 Å². The van der Waals surface area contributed by atoms with Gasteiger partial charge in [0.15, 0.2) is 0 Å². The highest BCUT2D eigenvalue weighted by molar-refractivity contribution is 9.10. The number of nitrogens with zero attached hydrogens (tertiary/aromatic N) is 4. The summed E-state index contributed by atoms with van der Waals surface area (Å²) in [6, 6.07) is 3.50. The molecule has 0 saturated heterocycles. The smallest absolute Gasteiger partial charge is 0.306 e. The summed E-state index contributed by atoms with van der Waals surface area (Å²) < 4.78 is 2.04. The third kappa shape index (κ3) is 3.60. The molecule has 0 spiro atoms. The van der Waals surface area contributed by atoms with Gasteiger partial charge in [-0.05, 0) is 28.1 Å². The average Bonchev–Trinajstić information content (AvgIpc) is 2.88. The SMILES string of the molecule is O=C(CCn1cc([N+](=O)[O-])cn1)Nc1ncccc1Br. The first-order valence-corrected chi connectivity index (χ1v) is 6.43. The van der Waals surface area contributed by atoms with E-state index in [1.54, 1.807) is 18.3 Å². The van der Waals surface area contributed by atoms with Crippen LogP contribution in [0.3, 0.4) is 0 Å². The number of anilines is 1. The van der Waals surface area contributed by atoms with Crippen LogP contribution in [0.4, 0.5) is 11.5 Å². The van der Waals surface area contributed by atoms with Crippen LogP contribution in [0, 0.1) is 10.1 Å². The molecule has 8 nitrogen and oxygen atoms in total. The molecule has 0 atom stereocenters. The molecule has 0 aliphatic rings. The van der Waals surface area contributed by atoms with Crippen molar-refractivity contribution in [2.75, 3.05) is 5.32 Å². The topological polar surface area (TPSA) is 103 Å². The van der Waals surface area contributed by atoms with Gasteiger partial charge in [-0.2, -0.15) is 5.10 Å². The first-order valence-electron chi connectivity index (χ1n) is 5.63. The quantitative estimate of drug-likeness (QED) is 0.662. The zero-order chi connectivity index (χ0) is 14.5. The Morgan fingerprint density at radius 3 is 3.00 bits per heavy atom. The van der Waals surface area contributed by atoms with Crippen molar-refractivity contribution in [3.63, 3.8) is 0 Å². The van der Waals surface area contributed by atoms with Gasteiger partial charge < -0.3 is 5.32 Å². The Balaban J connectivity index is 1.89. The van der Waals surface area contributed by atoms with E-state index in [-0.39, 0.29) is 24.6 Å². The van der Waals surface area contributed by atoms with Gasteiger partial charge in [-0.3, -0.25) is 19.6 Å². The van der Waals surface area contributed by atoms with Crippen molar-refractivity contribution in [3.8, 4) is 0 Å². The molecular weight excluding hydrogens is 330 g/mol. The number of pyridine rings is 1. The van der Waals surface area contributed by atoms with Crippen molar-refractivity contribution in [3.05, 3.63) is 45.3 Å². The standard InChI is InChI=1S/C11H10BrN5O3/c12-9-2-1-4-13-11(9)15-10(18)3-5-16-7-8(6-14-16)17(19)20/h1-2,4,6-7H,3,5H2,(H,13,15,18). The van der Waals surface area contributed by atoms with Gasteiger partial charge in [-0.25, -0.2) is 4.98 Å². The maximum atomic E-state index is 11.7. The molecule has 0 fully saturated rings. The zero-order valence-electron chi connectivity index (χ0n) is 10.2. The molecule has 0 radical (unpaired) electrons. The molecule has 2 heterocycles. The largest absolute Gasteiger partial charge is 0.310 e. The molecule has 0 aromatic carbocycles. The van der Waals surface area contributed by atoms with Crippen molar-refractivity contribution >= 4 is 33.3 Å². The van der Waals surface area contributed by atoms with Crippen LogP contribution in [-0.2, 0) is 11.3 Å². The second kappa shape index (κ2) is 6.24. The number of nitrogens with one attached hydrogen (secondary N) is 1. The predicted octanol–water partition coefficient (Wildman–Crippen LogP) is 1.98. The minimum absolute atomic E-state index is 0.0992. The second-order valence-electron chi connectivity index (χ2n) is 3.85. The highest BCUT2D eigenvalue weighted by atomic mass is 79.9. The molecule has 0 aliphatic heterocycles. The van der Waals surface area contributed by atoms with Gasteiger partial charge in [-0.15, -0.1) is 0 Å². The number of halogens is 1. The summed E-state index contributed by atoms with van der Waals surface area (Å²) in [6.07, 6.45) is 4.14. The van der Waals surface area contributed by atoms with E-state index in [0.717, 1.165) is 6.20 Å². The number of hydrogen-bond donors (Lipinski definition) is 1. The molecule has 0 saturated carbocycles. The molecule has 2 aromatic heterocycles. The highest BCUT2D eigenvalue weighted by Gasteiger charge is 2.10. The van der Waals surface area contributed by atoms with Crippen LogP contribution < -0.4 is 5.32 Å². The molecule has 0 aliphatic carbocycles. The van der Waals surface area contributed by atoms with E-state index >= 15 is 0 Å². The lowest BCUT2D eigenvalue weighted by Gasteiger charge is -2.05. The van der Waals surface area contributed by atoms with Crippen molar-refractivity contribution in [1.82, 2.24) is 14.8 Å². The maximum Gasteiger partial charge on any atom is 0.306 e. The van der Waals surface area contributed by atoms with Crippen LogP contribution in [0.1, 0.15) is 6.42 Å². The van der Waals surface area contributed by atoms with E-state index in [2.05, 4.69) is 31.3 Å². The number of carbonyl (C=O) groups is 1. The van der Waals surface area contributed by atoms with Gasteiger partial charge in [0.05, 0.1) is 9.40 Å². The Morgan fingerprint density at radius 1 is 1.55 bits per heavy atom. The zero-order valence-corrected chi connectivity index (χ0v) is 11.8. The van der Waals surface area contributed by atoms with Crippen LogP contribution in [0.15, 0.2) is 35.2 Å². The van der Waals surface area contributed by atoms with E-state index in [0.29, 0.717) is 10.3 Å². The third-order valence-electron chi connectivity index (χ3n) is 2.41. The Kier molecular flexibility index (Phi) is 4.41. The van der Waals surface area contributed by atoms with Crippen molar-refractivity contribution in [2.24, 2.45) is 0 Å². The Labute approximate surface area is 122 Å². The van der Waals surface area contributed by atoms with Gasteiger partial charge in [0.25, 0.3) is 0 Å². The fourth-order valence-electron chi connectivity index (χ4n) is 1.46. The van der Waals surface area contributed by atoms with Gasteiger partial charge in [0.1, 0.15) is 18.2 Å². The highest BCUT2D eigenvalue weighted by Crippen LogP contribution is 2.18. The average molecular weight is 340 g/mol. The number of carbonyl (C=O) groups excluding carboxylic acids is 1. The summed E-state index contributed by atoms with van der Waals surface area (Å²) in [4.78, 5) is 25.7. The van der Waals surface area contributed by atoms with Crippen LogP contribution in [0.25, 0.3) is 0 Å². The first-order chi connectivity index (χ1) is 9.56. The minimum Gasteiger partial charge on any atom is -0.310 e. The van der Waals surface area contributed by atoms with E-state index in [9.17, 15) is 14.9 Å². The van der Waals surface area contributed by atoms with Crippen LogP contribution >= 0.6 is 15.9 Å². The van der Waals surface area contributed by atoms with Crippen molar-refractivity contribution in [2.45, 2.75) is 13.0 Å². The number of amides is 1. The molecule has 1 amide bonds. The Bertz CT molecular complexity index is 642. The lowest BCUT2D eigenvalue weighted by Crippen LogP contribution is -2.15. The molecule has 0 unspecified atom stereocenters. The van der Waals surface area contributed by atoms with E-state index in [1.165, 1.54) is 10.9 Å². The van der Waals surface area contributed by atoms with E-state index in [1.807, 2.05) is 0 Å². The Hall–Kier alpha value is -2.29. The lowest BCUT2D eigenvalue weighted by atomic mass is 10.4. The number of hydrogen-bond acceptors (Lipinski definition) is 5. The molecule has 2 rings (SSSR count). The number of rotatable bonds is 5. The minimum atomic E-state index is -0.533. The summed E-state index contributed by atoms with van der Waals surface area (Å²) in [5.74, 6) is 0.187. The lowest BCUT2D eigenvalue weighted by molar-refractivity contribution is -0.385. The molecule has 1 N–H and O–H groups in total. The molecular formula is C11H10BrN5O3. The summed E-state index contributed by atoms with van der Waals surface area (Å²) in [6.45, 7) is 0.254. The van der Waals surface area contributed by atoms with Gasteiger partial charge in [0, 0.05) is 19.2 Å². The molecule has 104 valence electrons. The van der Waals surface area contributed by atoms with Gasteiger partial charge >= 0.3 is 5.69 Å². The predicted molar refractivity (Wildman–Crippen MR) is 74.1 cm³/mol. The molecule has 0 bridgehead atoms. The summed E-state index contributed by atoms with van der Waals surface area (Å²) in [5, 5.41) is 16.9. The molecule has 2 aromatic rings. The van der Waals surface area contributed by atoms with Crippen LogP contribution in [0.5, 0.6) is 0 Å². The van der Waals surface area contributed by atoms with Crippen LogP contribution in [0.2, 0.25) is 0 Å². The molecule has 20 heavy (non-hydrogen) atoms. The van der Waals surface area contributed by atoms with Crippen molar-refractivity contribution in [1.29, 1.82) is 0 Å². The maximum absolute atomic E-state index is 11.7. The monoisotopic (exact) mass is 339 g/mol. The van der Waals surface area contributed by atoms with E-state index < -0.39 is 4.92 Å². The van der Waals surface area contributed by atoms with Crippen molar-refractivity contribution < 1.29 is 9.72 Å². The normalized spacial score (nSPS) is 10.2. The summed E-state index contributed by atoms with van der Waals surface area (Å²) in [7, 11) is 0. The van der Waals surface area contributed by atoms with Gasteiger partial charge in [-0.1, -0.05) is 0 Å². The van der Waals surface area contributed by atoms with E-state index in [4.69, 9.17) is 0 Å². The summed E-state index contributed by atoms with van der Waals surface area (Å²) >= 11 is 3.27. The fourth-order valence-corrected chi connectivity index (χ4v) is 1.81.